The highest BCUT2D eigenvalue weighted by atomic mass is 16.2. The summed E-state index contributed by atoms with van der Waals surface area (Å²) in [6, 6.07) is 16.9. The molecule has 1 aromatic heterocycles. The molecule has 1 aliphatic heterocycles. The van der Waals surface area contributed by atoms with Crippen molar-refractivity contribution in [3.05, 3.63) is 78.1 Å². The molecule has 0 atom stereocenters. The number of pyridine rings is 1. The molecule has 0 unspecified atom stereocenters. The minimum absolute atomic E-state index is 0.139. The van der Waals surface area contributed by atoms with Crippen LogP contribution in [0, 0.1) is 0 Å². The Balaban J connectivity index is 1.57. The summed E-state index contributed by atoms with van der Waals surface area (Å²) in [6.45, 7) is 0.665. The minimum atomic E-state index is -0.192. The molecule has 6 heteroatoms. The second-order valence-corrected chi connectivity index (χ2v) is 6.92. The molecular formula is C23H22N4O2. The number of anilines is 2. The van der Waals surface area contributed by atoms with Crippen LogP contribution in [-0.2, 0) is 6.42 Å². The number of hydrogen-bond donors (Lipinski definition) is 2. The van der Waals surface area contributed by atoms with E-state index in [1.54, 1.807) is 30.4 Å². The first-order chi connectivity index (χ1) is 14.2. The van der Waals surface area contributed by atoms with Gasteiger partial charge in [-0.2, -0.15) is 0 Å². The van der Waals surface area contributed by atoms with Crippen molar-refractivity contribution in [2.24, 2.45) is 0 Å². The quantitative estimate of drug-likeness (QED) is 0.712. The van der Waals surface area contributed by atoms with Gasteiger partial charge in [-0.3, -0.25) is 14.7 Å². The summed E-state index contributed by atoms with van der Waals surface area (Å²) in [4.78, 5) is 30.8. The van der Waals surface area contributed by atoms with Crippen LogP contribution in [0.4, 0.5) is 16.2 Å². The number of urea groups is 1. The van der Waals surface area contributed by atoms with Crippen LogP contribution in [0.25, 0.3) is 11.1 Å². The summed E-state index contributed by atoms with van der Waals surface area (Å²) in [5.74, 6) is -0.192. The number of nitrogens with zero attached hydrogens (tertiary/aromatic N) is 2. The second-order valence-electron chi connectivity index (χ2n) is 6.92. The van der Waals surface area contributed by atoms with E-state index in [9.17, 15) is 9.59 Å². The molecule has 0 aliphatic carbocycles. The van der Waals surface area contributed by atoms with Crippen LogP contribution in [0.5, 0.6) is 0 Å². The van der Waals surface area contributed by atoms with Crippen LogP contribution >= 0.6 is 0 Å². The fraction of sp³-hybridized carbons (Fsp3) is 0.174. The van der Waals surface area contributed by atoms with E-state index < -0.39 is 0 Å². The van der Waals surface area contributed by atoms with Gasteiger partial charge in [0.25, 0.3) is 5.91 Å². The van der Waals surface area contributed by atoms with Crippen LogP contribution < -0.4 is 15.5 Å². The molecule has 2 N–H and O–H groups in total. The maximum atomic E-state index is 12.8. The molecule has 0 fully saturated rings. The van der Waals surface area contributed by atoms with Gasteiger partial charge in [-0.05, 0) is 65.9 Å². The zero-order chi connectivity index (χ0) is 20.2. The number of aryl methyl sites for hydroxylation is 1. The molecule has 146 valence electrons. The molecular weight excluding hydrogens is 364 g/mol. The molecule has 4 rings (SSSR count). The van der Waals surface area contributed by atoms with Gasteiger partial charge in [0.1, 0.15) is 0 Å². The number of amides is 3. The van der Waals surface area contributed by atoms with Gasteiger partial charge in [0, 0.05) is 37.2 Å². The molecule has 3 amide bonds. The summed E-state index contributed by atoms with van der Waals surface area (Å²) >= 11 is 0. The predicted molar refractivity (Wildman–Crippen MR) is 114 cm³/mol. The fourth-order valence-corrected chi connectivity index (χ4v) is 3.59. The molecule has 0 saturated heterocycles. The third-order valence-electron chi connectivity index (χ3n) is 5.06. The number of hydrogen-bond acceptors (Lipinski definition) is 3. The zero-order valence-electron chi connectivity index (χ0n) is 16.2. The topological polar surface area (TPSA) is 74.3 Å². The van der Waals surface area contributed by atoms with E-state index in [1.165, 1.54) is 0 Å². The van der Waals surface area contributed by atoms with Crippen molar-refractivity contribution in [2.75, 3.05) is 23.8 Å². The van der Waals surface area contributed by atoms with Gasteiger partial charge in [-0.15, -0.1) is 0 Å². The number of benzene rings is 2. The molecule has 29 heavy (non-hydrogen) atoms. The van der Waals surface area contributed by atoms with Crippen LogP contribution in [-0.4, -0.2) is 30.5 Å². The molecule has 1 aliphatic rings. The number of carbonyl (C=O) groups excluding carboxylic acids is 2. The molecule has 2 heterocycles. The van der Waals surface area contributed by atoms with Crippen molar-refractivity contribution >= 4 is 23.3 Å². The molecule has 0 radical (unpaired) electrons. The van der Waals surface area contributed by atoms with Crippen LogP contribution in [0.15, 0.2) is 67.0 Å². The van der Waals surface area contributed by atoms with Crippen molar-refractivity contribution in [3.63, 3.8) is 0 Å². The molecule has 2 aromatic carbocycles. The van der Waals surface area contributed by atoms with E-state index in [-0.39, 0.29) is 11.9 Å². The van der Waals surface area contributed by atoms with Crippen molar-refractivity contribution in [3.8, 4) is 11.1 Å². The highest BCUT2D eigenvalue weighted by Gasteiger charge is 2.22. The molecule has 0 spiro atoms. The lowest BCUT2D eigenvalue weighted by Gasteiger charge is -2.29. The monoisotopic (exact) mass is 386 g/mol. The first-order valence-corrected chi connectivity index (χ1v) is 9.60. The van der Waals surface area contributed by atoms with Gasteiger partial charge in [-0.1, -0.05) is 18.2 Å². The van der Waals surface area contributed by atoms with Gasteiger partial charge >= 0.3 is 6.03 Å². The van der Waals surface area contributed by atoms with Crippen LogP contribution in [0.1, 0.15) is 22.3 Å². The average molecular weight is 386 g/mol. The van der Waals surface area contributed by atoms with Gasteiger partial charge in [0.15, 0.2) is 0 Å². The van der Waals surface area contributed by atoms with E-state index in [2.05, 4.69) is 15.6 Å². The minimum Gasteiger partial charge on any atom is -0.341 e. The van der Waals surface area contributed by atoms with Crippen molar-refractivity contribution in [1.29, 1.82) is 0 Å². The first-order valence-electron chi connectivity index (χ1n) is 9.60. The molecule has 0 saturated carbocycles. The van der Waals surface area contributed by atoms with Crippen molar-refractivity contribution in [1.82, 2.24) is 10.3 Å². The lowest BCUT2D eigenvalue weighted by atomic mass is 10.0. The Kier molecular flexibility index (Phi) is 5.24. The number of aromatic nitrogens is 1. The Morgan fingerprint density at radius 3 is 2.62 bits per heavy atom. The number of carbonyl (C=O) groups is 2. The van der Waals surface area contributed by atoms with Gasteiger partial charge in [0.05, 0.1) is 5.69 Å². The average Bonchev–Trinajstić information content (AvgIpc) is 2.78. The Labute approximate surface area is 169 Å². The summed E-state index contributed by atoms with van der Waals surface area (Å²) in [5, 5.41) is 5.63. The van der Waals surface area contributed by atoms with Crippen molar-refractivity contribution in [2.45, 2.75) is 12.8 Å². The van der Waals surface area contributed by atoms with E-state index in [1.807, 2.05) is 48.5 Å². The second kappa shape index (κ2) is 8.14. The van der Waals surface area contributed by atoms with E-state index in [0.717, 1.165) is 35.2 Å². The Morgan fingerprint density at radius 2 is 1.83 bits per heavy atom. The molecule has 0 bridgehead atoms. The largest absolute Gasteiger partial charge is 0.341 e. The van der Waals surface area contributed by atoms with Gasteiger partial charge in [-0.25, -0.2) is 4.79 Å². The zero-order valence-corrected chi connectivity index (χ0v) is 16.2. The van der Waals surface area contributed by atoms with Gasteiger partial charge in [0.2, 0.25) is 0 Å². The van der Waals surface area contributed by atoms with Gasteiger partial charge < -0.3 is 10.6 Å². The standard InChI is InChI=1S/C23H22N4O2/c1-24-23(29)27-13-3-6-17-7-8-20(15-21(17)27)26-22(28)19-5-2-4-18(14-19)16-9-11-25-12-10-16/h2,4-5,7-12,14-15H,3,6,13H2,1H3,(H,24,29)(H,26,28). The summed E-state index contributed by atoms with van der Waals surface area (Å²) < 4.78 is 0. The number of rotatable bonds is 3. The summed E-state index contributed by atoms with van der Waals surface area (Å²) in [5.41, 5.74) is 5.15. The van der Waals surface area contributed by atoms with E-state index in [0.29, 0.717) is 17.8 Å². The smallest absolute Gasteiger partial charge is 0.321 e. The van der Waals surface area contributed by atoms with Crippen molar-refractivity contribution < 1.29 is 9.59 Å². The first kappa shape index (κ1) is 18.7. The van der Waals surface area contributed by atoms with E-state index >= 15 is 0 Å². The summed E-state index contributed by atoms with van der Waals surface area (Å²) in [6.07, 6.45) is 5.31. The third kappa shape index (κ3) is 3.96. The molecule has 6 nitrogen and oxygen atoms in total. The lowest BCUT2D eigenvalue weighted by Crippen LogP contribution is -2.41. The SMILES string of the molecule is CNC(=O)N1CCCc2ccc(NC(=O)c3cccc(-c4ccncc4)c3)cc21. The fourth-order valence-electron chi connectivity index (χ4n) is 3.59. The Morgan fingerprint density at radius 1 is 1.00 bits per heavy atom. The maximum Gasteiger partial charge on any atom is 0.321 e. The number of nitrogens with one attached hydrogen (secondary N) is 2. The molecule has 3 aromatic rings. The maximum absolute atomic E-state index is 12.8. The predicted octanol–water partition coefficient (Wildman–Crippen LogP) is 4.09. The normalized spacial score (nSPS) is 12.8. The number of fused-ring (bicyclic) bond motifs is 1. The Bertz CT molecular complexity index is 1050. The lowest BCUT2D eigenvalue weighted by molar-refractivity contribution is 0.102. The van der Waals surface area contributed by atoms with Crippen LogP contribution in [0.3, 0.4) is 0 Å². The van der Waals surface area contributed by atoms with E-state index in [4.69, 9.17) is 0 Å². The highest BCUT2D eigenvalue weighted by molar-refractivity contribution is 6.05. The Hall–Kier alpha value is -3.67. The van der Waals surface area contributed by atoms with Crippen LogP contribution in [0.2, 0.25) is 0 Å². The highest BCUT2D eigenvalue weighted by Crippen LogP contribution is 2.30. The third-order valence-corrected chi connectivity index (χ3v) is 5.06. The summed E-state index contributed by atoms with van der Waals surface area (Å²) in [7, 11) is 1.62.